The molecule has 0 aromatic carbocycles. The topological polar surface area (TPSA) is 44.8 Å². The predicted octanol–water partition coefficient (Wildman–Crippen LogP) is 2.12. The molecular weight excluding hydrogens is 184 g/mol. The van der Waals surface area contributed by atoms with Crippen LogP contribution in [-0.4, -0.2) is 31.6 Å². The van der Waals surface area contributed by atoms with E-state index in [0.29, 0.717) is 13.2 Å². The summed E-state index contributed by atoms with van der Waals surface area (Å²) in [5.41, 5.74) is 0. The molecule has 1 atom stereocenters. The van der Waals surface area contributed by atoms with Crippen LogP contribution in [0.3, 0.4) is 0 Å². The van der Waals surface area contributed by atoms with E-state index in [1.54, 1.807) is 0 Å². The minimum absolute atomic E-state index is 0.0275. The fourth-order valence-electron chi connectivity index (χ4n) is 1.21. The molecule has 0 N–H and O–H groups in total. The van der Waals surface area contributed by atoms with Gasteiger partial charge < -0.3 is 14.2 Å². The summed E-state index contributed by atoms with van der Waals surface area (Å²) < 4.78 is 15.3. The molecule has 0 aliphatic carbocycles. The molecule has 1 aliphatic rings. The molecular formula is C10H18O4. The Kier molecular flexibility index (Phi) is 4.73. The minimum Gasteiger partial charge on any atom is -0.431 e. The molecule has 1 heterocycles. The summed E-state index contributed by atoms with van der Waals surface area (Å²) in [6.07, 6.45) is 1.71. The molecule has 0 bridgehead atoms. The van der Waals surface area contributed by atoms with Crippen LogP contribution in [0.4, 0.5) is 4.79 Å². The fourth-order valence-corrected chi connectivity index (χ4v) is 1.21. The summed E-state index contributed by atoms with van der Waals surface area (Å²) in [4.78, 5) is 11.2. The van der Waals surface area contributed by atoms with E-state index in [1.165, 1.54) is 0 Å². The fraction of sp³-hybridized carbons (Fsp3) is 0.900. The highest BCUT2D eigenvalue weighted by atomic mass is 16.7. The molecule has 0 amide bonds. The van der Waals surface area contributed by atoms with E-state index in [9.17, 15) is 4.79 Å². The molecule has 14 heavy (non-hydrogen) atoms. The monoisotopic (exact) mass is 202 g/mol. The number of ether oxygens (including phenoxy) is 3. The molecule has 1 unspecified atom stereocenters. The number of rotatable bonds is 3. The van der Waals surface area contributed by atoms with Crippen LogP contribution in [-0.2, 0) is 14.2 Å². The summed E-state index contributed by atoms with van der Waals surface area (Å²) in [5.74, 6) is 0. The second kappa shape index (κ2) is 5.86. The average molecular weight is 202 g/mol. The second-order valence-electron chi connectivity index (χ2n) is 3.52. The molecule has 0 radical (unpaired) electrons. The lowest BCUT2D eigenvalue weighted by Crippen LogP contribution is -2.27. The van der Waals surface area contributed by atoms with Crippen molar-refractivity contribution in [3.05, 3.63) is 0 Å². The van der Waals surface area contributed by atoms with Crippen LogP contribution in [0.2, 0.25) is 0 Å². The molecule has 0 aromatic heterocycles. The van der Waals surface area contributed by atoms with Crippen LogP contribution >= 0.6 is 0 Å². The number of carbonyl (C=O) groups excluding carboxylic acids is 1. The van der Waals surface area contributed by atoms with Crippen molar-refractivity contribution >= 4 is 6.16 Å². The highest BCUT2D eigenvalue weighted by molar-refractivity contribution is 5.60. The van der Waals surface area contributed by atoms with Gasteiger partial charge in [0.1, 0.15) is 12.2 Å². The van der Waals surface area contributed by atoms with Crippen molar-refractivity contribution in [3.63, 3.8) is 0 Å². The summed E-state index contributed by atoms with van der Waals surface area (Å²) in [5, 5.41) is 0. The third kappa shape index (κ3) is 3.96. The largest absolute Gasteiger partial charge is 0.508 e. The zero-order valence-electron chi connectivity index (χ0n) is 8.82. The molecule has 4 nitrogen and oxygen atoms in total. The SMILES string of the molecule is CCC(C)OC(=O)OC1CCOCC1. The second-order valence-corrected chi connectivity index (χ2v) is 3.52. The van der Waals surface area contributed by atoms with Gasteiger partial charge in [-0.25, -0.2) is 4.79 Å². The Balaban J connectivity index is 2.18. The van der Waals surface area contributed by atoms with Gasteiger partial charge in [0.05, 0.1) is 13.2 Å². The maximum Gasteiger partial charge on any atom is 0.508 e. The van der Waals surface area contributed by atoms with Crippen molar-refractivity contribution in [2.24, 2.45) is 0 Å². The van der Waals surface area contributed by atoms with Gasteiger partial charge in [0.15, 0.2) is 0 Å². The Labute approximate surface area is 84.5 Å². The first-order valence-electron chi connectivity index (χ1n) is 5.17. The molecule has 1 aliphatic heterocycles. The molecule has 0 spiro atoms. The van der Waals surface area contributed by atoms with Crippen LogP contribution in [0.25, 0.3) is 0 Å². The molecule has 82 valence electrons. The van der Waals surface area contributed by atoms with Crippen molar-refractivity contribution in [2.75, 3.05) is 13.2 Å². The summed E-state index contributed by atoms with van der Waals surface area (Å²) >= 11 is 0. The highest BCUT2D eigenvalue weighted by Crippen LogP contribution is 2.12. The van der Waals surface area contributed by atoms with Crippen molar-refractivity contribution in [3.8, 4) is 0 Å². The Morgan fingerprint density at radius 1 is 1.50 bits per heavy atom. The van der Waals surface area contributed by atoms with Gasteiger partial charge in [0, 0.05) is 12.8 Å². The zero-order chi connectivity index (χ0) is 10.4. The van der Waals surface area contributed by atoms with Gasteiger partial charge in [-0.15, -0.1) is 0 Å². The highest BCUT2D eigenvalue weighted by Gasteiger charge is 2.19. The van der Waals surface area contributed by atoms with E-state index in [2.05, 4.69) is 0 Å². The lowest BCUT2D eigenvalue weighted by molar-refractivity contribution is -0.0377. The Hall–Kier alpha value is -0.770. The van der Waals surface area contributed by atoms with Gasteiger partial charge >= 0.3 is 6.16 Å². The van der Waals surface area contributed by atoms with Crippen molar-refractivity contribution in [2.45, 2.75) is 45.3 Å². The van der Waals surface area contributed by atoms with Crippen LogP contribution < -0.4 is 0 Å². The van der Waals surface area contributed by atoms with E-state index >= 15 is 0 Å². The normalized spacial score (nSPS) is 20.1. The Morgan fingerprint density at radius 3 is 2.71 bits per heavy atom. The van der Waals surface area contributed by atoms with Gasteiger partial charge in [-0.3, -0.25) is 0 Å². The Morgan fingerprint density at radius 2 is 2.14 bits per heavy atom. The molecule has 1 fully saturated rings. The molecule has 4 heteroatoms. The quantitative estimate of drug-likeness (QED) is 0.657. The first kappa shape index (κ1) is 11.3. The summed E-state index contributed by atoms with van der Waals surface area (Å²) in [6, 6.07) is 0. The van der Waals surface area contributed by atoms with Gasteiger partial charge in [-0.1, -0.05) is 6.92 Å². The molecule has 1 saturated heterocycles. The van der Waals surface area contributed by atoms with Crippen LogP contribution in [0.5, 0.6) is 0 Å². The van der Waals surface area contributed by atoms with Crippen LogP contribution in [0.15, 0.2) is 0 Å². The number of carbonyl (C=O) groups is 1. The predicted molar refractivity (Wildman–Crippen MR) is 51.2 cm³/mol. The summed E-state index contributed by atoms with van der Waals surface area (Å²) in [6.45, 7) is 5.15. The van der Waals surface area contributed by atoms with E-state index in [4.69, 9.17) is 14.2 Å². The zero-order valence-corrected chi connectivity index (χ0v) is 8.82. The first-order chi connectivity index (χ1) is 6.72. The standard InChI is InChI=1S/C10H18O4/c1-3-8(2)13-10(11)14-9-4-6-12-7-5-9/h8-9H,3-7H2,1-2H3. The maximum absolute atomic E-state index is 11.2. The molecule has 0 saturated carbocycles. The van der Waals surface area contributed by atoms with Gasteiger partial charge in [0.25, 0.3) is 0 Å². The van der Waals surface area contributed by atoms with Crippen LogP contribution in [0.1, 0.15) is 33.1 Å². The first-order valence-corrected chi connectivity index (χ1v) is 5.17. The molecule has 0 aromatic rings. The average Bonchev–Trinajstić information content (AvgIpc) is 2.19. The van der Waals surface area contributed by atoms with E-state index in [-0.39, 0.29) is 12.2 Å². The van der Waals surface area contributed by atoms with E-state index in [1.807, 2.05) is 13.8 Å². The smallest absolute Gasteiger partial charge is 0.431 e. The summed E-state index contributed by atoms with van der Waals surface area (Å²) in [7, 11) is 0. The van der Waals surface area contributed by atoms with Crippen molar-refractivity contribution < 1.29 is 19.0 Å². The van der Waals surface area contributed by atoms with Gasteiger partial charge in [-0.05, 0) is 13.3 Å². The van der Waals surface area contributed by atoms with Gasteiger partial charge in [-0.2, -0.15) is 0 Å². The lowest BCUT2D eigenvalue weighted by Gasteiger charge is -2.22. The lowest BCUT2D eigenvalue weighted by atomic mass is 10.2. The van der Waals surface area contributed by atoms with E-state index in [0.717, 1.165) is 19.3 Å². The minimum atomic E-state index is -0.550. The van der Waals surface area contributed by atoms with E-state index < -0.39 is 6.16 Å². The van der Waals surface area contributed by atoms with Crippen molar-refractivity contribution in [1.82, 2.24) is 0 Å². The van der Waals surface area contributed by atoms with Crippen molar-refractivity contribution in [1.29, 1.82) is 0 Å². The molecule has 1 rings (SSSR count). The van der Waals surface area contributed by atoms with Gasteiger partial charge in [0.2, 0.25) is 0 Å². The third-order valence-electron chi connectivity index (χ3n) is 2.30. The third-order valence-corrected chi connectivity index (χ3v) is 2.30. The Bertz CT molecular complexity index is 175. The number of hydrogen-bond acceptors (Lipinski definition) is 4. The number of hydrogen-bond donors (Lipinski definition) is 0. The maximum atomic E-state index is 11.2. The van der Waals surface area contributed by atoms with Crippen LogP contribution in [0, 0.1) is 0 Å².